The second kappa shape index (κ2) is 2.36. The van der Waals surface area contributed by atoms with Crippen LogP contribution >= 0.6 is 0 Å². The second-order valence-electron chi connectivity index (χ2n) is 3.28. The summed E-state index contributed by atoms with van der Waals surface area (Å²) in [6, 6.07) is 0. The maximum Gasteiger partial charge on any atom is 0.313 e. The van der Waals surface area contributed by atoms with E-state index in [1.165, 1.54) is 5.57 Å². The minimum absolute atomic E-state index is 0.0281. The first kappa shape index (κ1) is 6.89. The summed E-state index contributed by atoms with van der Waals surface area (Å²) in [5, 5.41) is 0. The van der Waals surface area contributed by atoms with Crippen LogP contribution in [-0.2, 0) is 9.53 Å². The smallest absolute Gasteiger partial charge is 0.313 e. The zero-order valence-corrected chi connectivity index (χ0v) is 6.67. The van der Waals surface area contributed by atoms with Gasteiger partial charge in [-0.1, -0.05) is 6.08 Å². The van der Waals surface area contributed by atoms with Crippen molar-refractivity contribution in [3.63, 3.8) is 0 Å². The Bertz CT molecular complexity index is 218. The van der Waals surface area contributed by atoms with Gasteiger partial charge in [-0.25, -0.2) is 0 Å². The predicted octanol–water partition coefficient (Wildman–Crippen LogP) is 1.66. The molecule has 0 saturated carbocycles. The largest absolute Gasteiger partial charge is 0.457 e. The Morgan fingerprint density at radius 1 is 1.64 bits per heavy atom. The van der Waals surface area contributed by atoms with Gasteiger partial charge in [-0.05, 0) is 31.8 Å². The zero-order chi connectivity index (χ0) is 7.84. The molecule has 1 aliphatic carbocycles. The van der Waals surface area contributed by atoms with Gasteiger partial charge >= 0.3 is 5.97 Å². The van der Waals surface area contributed by atoms with Crippen molar-refractivity contribution in [1.82, 2.24) is 0 Å². The highest BCUT2D eigenvalue weighted by Crippen LogP contribution is 2.33. The fourth-order valence-electron chi connectivity index (χ4n) is 1.83. The summed E-state index contributed by atoms with van der Waals surface area (Å²) in [6.07, 6.45) is 5.61. The van der Waals surface area contributed by atoms with E-state index in [0.717, 1.165) is 19.3 Å². The van der Waals surface area contributed by atoms with Gasteiger partial charge in [-0.3, -0.25) is 4.79 Å². The number of hydrogen-bond acceptors (Lipinski definition) is 2. The summed E-state index contributed by atoms with van der Waals surface area (Å²) < 4.78 is 5.17. The molecule has 0 aromatic heterocycles. The maximum atomic E-state index is 11.1. The van der Waals surface area contributed by atoms with E-state index in [-0.39, 0.29) is 18.0 Å². The van der Waals surface area contributed by atoms with Crippen molar-refractivity contribution in [2.24, 2.45) is 5.92 Å². The molecule has 2 heteroatoms. The van der Waals surface area contributed by atoms with Gasteiger partial charge in [0.25, 0.3) is 0 Å². The van der Waals surface area contributed by atoms with Crippen molar-refractivity contribution in [1.29, 1.82) is 0 Å². The highest BCUT2D eigenvalue weighted by Gasteiger charge is 2.36. The number of allylic oxidation sites excluding steroid dienone is 1. The Balaban J connectivity index is 2.27. The summed E-state index contributed by atoms with van der Waals surface area (Å²) >= 11 is 0. The van der Waals surface area contributed by atoms with Gasteiger partial charge in [-0.2, -0.15) is 0 Å². The lowest BCUT2D eigenvalue weighted by molar-refractivity contribution is -0.144. The average molecular weight is 152 g/mol. The van der Waals surface area contributed by atoms with Crippen LogP contribution in [0.1, 0.15) is 26.2 Å². The summed E-state index contributed by atoms with van der Waals surface area (Å²) in [7, 11) is 0. The molecule has 0 radical (unpaired) electrons. The molecular formula is C9H12O2. The number of hydrogen-bond donors (Lipinski definition) is 0. The van der Waals surface area contributed by atoms with Crippen molar-refractivity contribution in [3.05, 3.63) is 11.6 Å². The van der Waals surface area contributed by atoms with Crippen molar-refractivity contribution >= 4 is 5.97 Å². The van der Waals surface area contributed by atoms with Gasteiger partial charge in [0, 0.05) is 0 Å². The molecule has 0 aromatic rings. The van der Waals surface area contributed by atoms with Crippen molar-refractivity contribution < 1.29 is 9.53 Å². The van der Waals surface area contributed by atoms with Crippen LogP contribution in [0.25, 0.3) is 0 Å². The van der Waals surface area contributed by atoms with E-state index in [1.54, 1.807) is 0 Å². The predicted molar refractivity (Wildman–Crippen MR) is 41.0 cm³/mol. The van der Waals surface area contributed by atoms with Crippen LogP contribution in [0.3, 0.4) is 0 Å². The fourth-order valence-corrected chi connectivity index (χ4v) is 1.83. The van der Waals surface area contributed by atoms with E-state index in [4.69, 9.17) is 4.74 Å². The van der Waals surface area contributed by atoms with Crippen LogP contribution in [-0.4, -0.2) is 12.1 Å². The number of fused-ring (bicyclic) bond motifs is 1. The lowest BCUT2D eigenvalue weighted by atomic mass is 9.91. The molecule has 2 nitrogen and oxygen atoms in total. The average Bonchev–Trinajstić information content (AvgIpc) is 2.30. The third-order valence-electron chi connectivity index (χ3n) is 2.53. The number of ether oxygens (including phenoxy) is 1. The van der Waals surface area contributed by atoms with E-state index < -0.39 is 0 Å². The third-order valence-corrected chi connectivity index (χ3v) is 2.53. The standard InChI is InChI=1S/C9H12O2/c1-6-7-4-2-3-5-8(7)11-9(6)10/h4,6,8H,2-3,5H2,1H3/t6-,8+/m1/s1. The number of carbonyl (C=O) groups excluding carboxylic acids is 1. The van der Waals surface area contributed by atoms with Crippen LogP contribution < -0.4 is 0 Å². The number of rotatable bonds is 0. The summed E-state index contributed by atoms with van der Waals surface area (Å²) in [4.78, 5) is 11.1. The summed E-state index contributed by atoms with van der Waals surface area (Å²) in [5.41, 5.74) is 1.22. The first-order valence-corrected chi connectivity index (χ1v) is 4.19. The zero-order valence-electron chi connectivity index (χ0n) is 6.67. The molecule has 1 aliphatic heterocycles. The minimum Gasteiger partial charge on any atom is -0.457 e. The van der Waals surface area contributed by atoms with Crippen LogP contribution in [0.15, 0.2) is 11.6 Å². The Hall–Kier alpha value is -0.790. The molecule has 0 spiro atoms. The molecule has 1 saturated heterocycles. The van der Waals surface area contributed by atoms with Gasteiger partial charge in [0.2, 0.25) is 0 Å². The van der Waals surface area contributed by atoms with E-state index in [9.17, 15) is 4.79 Å². The first-order chi connectivity index (χ1) is 5.29. The molecule has 2 rings (SSSR count). The van der Waals surface area contributed by atoms with E-state index >= 15 is 0 Å². The lowest BCUT2D eigenvalue weighted by Crippen LogP contribution is -2.11. The molecule has 2 atom stereocenters. The van der Waals surface area contributed by atoms with Gasteiger partial charge < -0.3 is 4.74 Å². The molecule has 0 bridgehead atoms. The molecule has 0 aromatic carbocycles. The quantitative estimate of drug-likeness (QED) is 0.390. The van der Waals surface area contributed by atoms with Crippen LogP contribution in [0.2, 0.25) is 0 Å². The summed E-state index contributed by atoms with van der Waals surface area (Å²) in [5.74, 6) is -0.0107. The molecular weight excluding hydrogens is 140 g/mol. The Morgan fingerprint density at radius 2 is 2.45 bits per heavy atom. The highest BCUT2D eigenvalue weighted by atomic mass is 16.6. The van der Waals surface area contributed by atoms with Crippen LogP contribution in [0.5, 0.6) is 0 Å². The van der Waals surface area contributed by atoms with Gasteiger partial charge in [0.05, 0.1) is 5.92 Å². The number of carbonyl (C=O) groups is 1. The number of esters is 1. The fraction of sp³-hybridized carbons (Fsp3) is 0.667. The monoisotopic (exact) mass is 152 g/mol. The highest BCUT2D eigenvalue weighted by molar-refractivity contribution is 5.79. The van der Waals surface area contributed by atoms with Crippen molar-refractivity contribution in [2.45, 2.75) is 32.3 Å². The topological polar surface area (TPSA) is 26.3 Å². The Kier molecular flexibility index (Phi) is 1.48. The second-order valence-corrected chi connectivity index (χ2v) is 3.28. The molecule has 0 amide bonds. The van der Waals surface area contributed by atoms with Gasteiger partial charge in [-0.15, -0.1) is 0 Å². The van der Waals surface area contributed by atoms with Gasteiger partial charge in [0.15, 0.2) is 0 Å². The van der Waals surface area contributed by atoms with Crippen LogP contribution in [0, 0.1) is 5.92 Å². The molecule has 1 fully saturated rings. The third kappa shape index (κ3) is 0.971. The lowest BCUT2D eigenvalue weighted by Gasteiger charge is -2.15. The van der Waals surface area contributed by atoms with E-state index in [1.807, 2.05) is 6.92 Å². The SMILES string of the molecule is C[C@H]1C(=O)O[C@H]2CCCC=C12. The minimum atomic E-state index is -0.0387. The Morgan fingerprint density at radius 3 is 3.18 bits per heavy atom. The first-order valence-electron chi connectivity index (χ1n) is 4.19. The maximum absolute atomic E-state index is 11.1. The van der Waals surface area contributed by atoms with Crippen molar-refractivity contribution in [3.8, 4) is 0 Å². The molecule has 2 aliphatic rings. The Labute approximate surface area is 66.2 Å². The molecule has 0 unspecified atom stereocenters. The van der Waals surface area contributed by atoms with Crippen LogP contribution in [0.4, 0.5) is 0 Å². The summed E-state index contributed by atoms with van der Waals surface area (Å²) in [6.45, 7) is 1.93. The normalized spacial score (nSPS) is 36.1. The molecule has 11 heavy (non-hydrogen) atoms. The van der Waals surface area contributed by atoms with E-state index in [2.05, 4.69) is 6.08 Å². The van der Waals surface area contributed by atoms with E-state index in [0.29, 0.717) is 0 Å². The van der Waals surface area contributed by atoms with Gasteiger partial charge in [0.1, 0.15) is 6.10 Å². The molecule has 1 heterocycles. The molecule has 0 N–H and O–H groups in total. The van der Waals surface area contributed by atoms with Crippen molar-refractivity contribution in [2.75, 3.05) is 0 Å². The molecule has 60 valence electrons.